The SMILES string of the molecule is CO[C@H]1O[C@H](CO)[C@@H](OC[C@@]2(CO)N[C@H](CO)[C@@H](O)[C@H](O)[C@H]2O)[C@H](O)[C@H]1O. The van der Waals surface area contributed by atoms with Crippen LogP contribution in [-0.2, 0) is 14.2 Å². The molecular weight excluding hydrogens is 370 g/mol. The van der Waals surface area contributed by atoms with Crippen LogP contribution in [0.3, 0.4) is 0 Å². The van der Waals surface area contributed by atoms with Crippen LogP contribution >= 0.6 is 0 Å². The number of aliphatic hydroxyl groups excluding tert-OH is 8. The van der Waals surface area contributed by atoms with Gasteiger partial charge in [0.2, 0.25) is 0 Å². The van der Waals surface area contributed by atoms with Crippen molar-refractivity contribution < 1.29 is 55.1 Å². The molecule has 10 atom stereocenters. The number of rotatable bonds is 7. The first-order chi connectivity index (χ1) is 12.8. The van der Waals surface area contributed by atoms with E-state index in [1.165, 1.54) is 7.11 Å². The van der Waals surface area contributed by atoms with E-state index in [2.05, 4.69) is 5.32 Å². The molecular formula is C15H29NO11. The monoisotopic (exact) mass is 399 g/mol. The molecule has 2 heterocycles. The molecule has 0 spiro atoms. The molecule has 0 saturated carbocycles. The van der Waals surface area contributed by atoms with Crippen molar-refractivity contribution in [2.24, 2.45) is 0 Å². The molecule has 0 unspecified atom stereocenters. The Hall–Kier alpha value is -0.480. The lowest BCUT2D eigenvalue weighted by Crippen LogP contribution is -2.76. The fourth-order valence-electron chi connectivity index (χ4n) is 3.46. The molecule has 27 heavy (non-hydrogen) atoms. The molecule has 2 fully saturated rings. The number of piperidine rings is 1. The minimum absolute atomic E-state index is 0.503. The molecule has 2 rings (SSSR count). The van der Waals surface area contributed by atoms with Crippen molar-refractivity contribution in [1.29, 1.82) is 0 Å². The number of nitrogens with one attached hydrogen (secondary N) is 1. The van der Waals surface area contributed by atoms with E-state index < -0.39 is 87.0 Å². The Kier molecular flexibility index (Phi) is 7.89. The molecule has 0 radical (unpaired) electrons. The van der Waals surface area contributed by atoms with Crippen LogP contribution in [0.4, 0.5) is 0 Å². The predicted octanol–water partition coefficient (Wildman–Crippen LogP) is -5.77. The van der Waals surface area contributed by atoms with Crippen molar-refractivity contribution in [2.75, 3.05) is 33.5 Å². The average molecular weight is 399 g/mol. The molecule has 2 aliphatic heterocycles. The van der Waals surface area contributed by atoms with Crippen LogP contribution in [0.5, 0.6) is 0 Å². The maximum absolute atomic E-state index is 10.3. The first-order valence-corrected chi connectivity index (χ1v) is 8.56. The van der Waals surface area contributed by atoms with Crippen molar-refractivity contribution in [3.8, 4) is 0 Å². The van der Waals surface area contributed by atoms with Gasteiger partial charge in [0.15, 0.2) is 6.29 Å². The van der Waals surface area contributed by atoms with Crippen LogP contribution < -0.4 is 5.32 Å². The zero-order chi connectivity index (χ0) is 20.4. The average Bonchev–Trinajstić information content (AvgIpc) is 2.68. The summed E-state index contributed by atoms with van der Waals surface area (Å²) in [4.78, 5) is 0. The van der Waals surface area contributed by atoms with E-state index in [1.807, 2.05) is 0 Å². The lowest BCUT2D eigenvalue weighted by molar-refractivity contribution is -0.305. The smallest absolute Gasteiger partial charge is 0.186 e. The Morgan fingerprint density at radius 1 is 0.926 bits per heavy atom. The van der Waals surface area contributed by atoms with E-state index in [0.29, 0.717) is 0 Å². The molecule has 0 aliphatic carbocycles. The Bertz CT molecular complexity index is 467. The van der Waals surface area contributed by atoms with Gasteiger partial charge in [-0.15, -0.1) is 0 Å². The second-order valence-electron chi connectivity index (χ2n) is 6.89. The van der Waals surface area contributed by atoms with Crippen LogP contribution in [0.15, 0.2) is 0 Å². The van der Waals surface area contributed by atoms with Gasteiger partial charge in [-0.1, -0.05) is 0 Å². The molecule has 12 nitrogen and oxygen atoms in total. The zero-order valence-corrected chi connectivity index (χ0v) is 14.8. The van der Waals surface area contributed by atoms with Gasteiger partial charge in [0.1, 0.15) is 42.7 Å². The highest BCUT2D eigenvalue weighted by Crippen LogP contribution is 2.28. The second-order valence-corrected chi connectivity index (χ2v) is 6.89. The Balaban J connectivity index is 2.16. The largest absolute Gasteiger partial charge is 0.395 e. The lowest BCUT2D eigenvalue weighted by Gasteiger charge is -2.50. The molecule has 160 valence electrons. The molecule has 0 aromatic carbocycles. The van der Waals surface area contributed by atoms with Gasteiger partial charge < -0.3 is 55.1 Å². The van der Waals surface area contributed by atoms with Gasteiger partial charge in [0, 0.05) is 7.11 Å². The Morgan fingerprint density at radius 2 is 1.59 bits per heavy atom. The summed E-state index contributed by atoms with van der Waals surface area (Å²) in [6, 6.07) is -1.05. The van der Waals surface area contributed by atoms with Gasteiger partial charge in [-0.2, -0.15) is 0 Å². The number of aliphatic hydroxyl groups is 8. The predicted molar refractivity (Wildman–Crippen MR) is 86.4 cm³/mol. The Labute approximate surface area is 155 Å². The third kappa shape index (κ3) is 4.27. The van der Waals surface area contributed by atoms with E-state index in [4.69, 9.17) is 14.2 Å². The van der Waals surface area contributed by atoms with E-state index in [0.717, 1.165) is 0 Å². The number of hydrogen-bond donors (Lipinski definition) is 9. The summed E-state index contributed by atoms with van der Waals surface area (Å²) >= 11 is 0. The van der Waals surface area contributed by atoms with Crippen LogP contribution in [-0.4, -0.2) is 135 Å². The third-order valence-corrected chi connectivity index (χ3v) is 5.19. The molecule has 0 aromatic heterocycles. The number of hydrogen-bond acceptors (Lipinski definition) is 12. The van der Waals surface area contributed by atoms with Crippen molar-refractivity contribution in [2.45, 2.75) is 60.6 Å². The maximum atomic E-state index is 10.3. The Morgan fingerprint density at radius 3 is 2.11 bits per heavy atom. The highest BCUT2D eigenvalue weighted by molar-refractivity contribution is 5.08. The van der Waals surface area contributed by atoms with Gasteiger partial charge in [-0.25, -0.2) is 0 Å². The molecule has 0 aromatic rings. The van der Waals surface area contributed by atoms with Crippen LogP contribution in [0.1, 0.15) is 0 Å². The summed E-state index contributed by atoms with van der Waals surface area (Å²) < 4.78 is 15.7. The molecule has 12 heteroatoms. The minimum atomic E-state index is -1.69. The molecule has 9 N–H and O–H groups in total. The highest BCUT2D eigenvalue weighted by Gasteiger charge is 2.53. The molecule has 0 amide bonds. The summed E-state index contributed by atoms with van der Waals surface area (Å²) in [7, 11) is 1.25. The van der Waals surface area contributed by atoms with Gasteiger partial charge in [0.25, 0.3) is 0 Å². The van der Waals surface area contributed by atoms with Crippen molar-refractivity contribution in [3.63, 3.8) is 0 Å². The summed E-state index contributed by atoms with van der Waals surface area (Å²) in [6.45, 7) is -2.41. The molecule has 2 aliphatic rings. The zero-order valence-electron chi connectivity index (χ0n) is 14.8. The third-order valence-electron chi connectivity index (χ3n) is 5.19. The van der Waals surface area contributed by atoms with Gasteiger partial charge in [-0.05, 0) is 0 Å². The normalized spacial score (nSPS) is 48.6. The van der Waals surface area contributed by atoms with E-state index in [1.54, 1.807) is 0 Å². The fourth-order valence-corrected chi connectivity index (χ4v) is 3.46. The highest BCUT2D eigenvalue weighted by atomic mass is 16.7. The van der Waals surface area contributed by atoms with Crippen LogP contribution in [0.25, 0.3) is 0 Å². The first-order valence-electron chi connectivity index (χ1n) is 8.56. The lowest BCUT2D eigenvalue weighted by atomic mass is 9.80. The van der Waals surface area contributed by atoms with Gasteiger partial charge in [-0.3, -0.25) is 5.32 Å². The van der Waals surface area contributed by atoms with Gasteiger partial charge >= 0.3 is 0 Å². The van der Waals surface area contributed by atoms with E-state index in [9.17, 15) is 40.9 Å². The van der Waals surface area contributed by atoms with Crippen LogP contribution in [0.2, 0.25) is 0 Å². The summed E-state index contributed by atoms with van der Waals surface area (Å²) in [5, 5.41) is 81.7. The first kappa shape index (κ1) is 22.8. The fraction of sp³-hybridized carbons (Fsp3) is 1.00. The standard InChI is InChI=1S/C15H29NO11/c1-25-14-11(23)9(21)12(7(3-18)27-14)26-5-15(4-19)13(24)10(22)8(20)6(2-17)16-15/h6-14,16-24H,2-5H2,1H3/t6-,7-,8-,9-,10+,11-,12-,13-,14+,15-/m1/s1. The van der Waals surface area contributed by atoms with Crippen molar-refractivity contribution >= 4 is 0 Å². The van der Waals surface area contributed by atoms with Crippen molar-refractivity contribution in [1.82, 2.24) is 5.32 Å². The second kappa shape index (κ2) is 9.35. The summed E-state index contributed by atoms with van der Waals surface area (Å²) in [6.07, 6.45) is -11.3. The maximum Gasteiger partial charge on any atom is 0.186 e. The van der Waals surface area contributed by atoms with Crippen molar-refractivity contribution in [3.05, 3.63) is 0 Å². The van der Waals surface area contributed by atoms with Crippen LogP contribution in [0, 0.1) is 0 Å². The van der Waals surface area contributed by atoms with Gasteiger partial charge in [0.05, 0.1) is 38.0 Å². The summed E-state index contributed by atoms with van der Waals surface area (Å²) in [5.41, 5.74) is -1.69. The number of methoxy groups -OCH3 is 1. The summed E-state index contributed by atoms with van der Waals surface area (Å²) in [5.74, 6) is 0. The molecule has 2 saturated heterocycles. The van der Waals surface area contributed by atoms with E-state index in [-0.39, 0.29) is 0 Å². The van der Waals surface area contributed by atoms with E-state index >= 15 is 0 Å². The number of ether oxygens (including phenoxy) is 3. The topological polar surface area (TPSA) is 202 Å². The quantitative estimate of drug-likeness (QED) is 0.197. The molecule has 0 bridgehead atoms. The minimum Gasteiger partial charge on any atom is -0.395 e.